The molecule has 2 rings (SSSR count). The van der Waals surface area contributed by atoms with Crippen molar-refractivity contribution in [1.82, 2.24) is 5.32 Å². The number of nitrogens with one attached hydrogen (secondary N) is 1. The number of ether oxygens (including phenoxy) is 2. The van der Waals surface area contributed by atoms with E-state index in [1.807, 2.05) is 30.3 Å². The minimum atomic E-state index is -0.885. The van der Waals surface area contributed by atoms with Crippen molar-refractivity contribution in [2.45, 2.75) is 12.5 Å². The van der Waals surface area contributed by atoms with E-state index in [1.54, 1.807) is 6.07 Å². The van der Waals surface area contributed by atoms with Crippen molar-refractivity contribution in [3.8, 4) is 5.75 Å². The Morgan fingerprint density at radius 2 is 1.77 bits per heavy atom. The zero-order valence-electron chi connectivity index (χ0n) is 14.1. The van der Waals surface area contributed by atoms with Crippen LogP contribution in [0.3, 0.4) is 0 Å². The average molecular weight is 358 g/mol. The molecule has 26 heavy (non-hydrogen) atoms. The third kappa shape index (κ3) is 5.30. The van der Waals surface area contributed by atoms with E-state index < -0.39 is 29.4 Å². The first-order valence-corrected chi connectivity index (χ1v) is 7.78. The van der Waals surface area contributed by atoms with Gasteiger partial charge < -0.3 is 14.8 Å². The lowest BCUT2D eigenvalue weighted by Gasteiger charge is -2.17. The van der Waals surface area contributed by atoms with Gasteiger partial charge in [-0.15, -0.1) is 0 Å². The second-order valence-corrected chi connectivity index (χ2v) is 5.35. The number of amides is 1. The molecule has 0 fully saturated rings. The first-order chi connectivity index (χ1) is 12.5. The summed E-state index contributed by atoms with van der Waals surface area (Å²) in [6, 6.07) is 14.0. The van der Waals surface area contributed by atoms with Crippen LogP contribution >= 0.6 is 0 Å². The second kappa shape index (κ2) is 9.16. The van der Waals surface area contributed by atoms with E-state index >= 15 is 0 Å². The maximum atomic E-state index is 12.1. The highest BCUT2D eigenvalue weighted by Gasteiger charge is 2.23. The van der Waals surface area contributed by atoms with Crippen molar-refractivity contribution in [3.05, 3.63) is 70.3 Å². The number of carbonyl (C=O) groups is 2. The minimum Gasteiger partial charge on any atom is -0.477 e. The fourth-order valence-corrected chi connectivity index (χ4v) is 2.29. The number of nitro groups is 1. The molecule has 0 saturated heterocycles. The molecular weight excluding hydrogens is 340 g/mol. The Kier molecular flexibility index (Phi) is 6.67. The average Bonchev–Trinajstić information content (AvgIpc) is 2.66. The number of carbonyl (C=O) groups excluding carboxylic acids is 2. The molecule has 0 unspecified atom stereocenters. The molecule has 1 amide bonds. The second-order valence-electron chi connectivity index (χ2n) is 5.35. The highest BCUT2D eigenvalue weighted by atomic mass is 16.6. The Balaban J connectivity index is 1.99. The standard InChI is InChI=1S/C18H18N2O6/c1-25-18(22)14(11-13-7-3-2-4-8-13)19-17(21)12-26-16-10-6-5-9-15(16)20(23)24/h2-10,14H,11-12H2,1H3,(H,19,21)/t14-/m1/s1. The topological polar surface area (TPSA) is 108 Å². The van der Waals surface area contributed by atoms with Crippen molar-refractivity contribution in [2.75, 3.05) is 13.7 Å². The molecule has 0 bridgehead atoms. The summed E-state index contributed by atoms with van der Waals surface area (Å²) in [6.45, 7) is -0.465. The smallest absolute Gasteiger partial charge is 0.328 e. The zero-order chi connectivity index (χ0) is 18.9. The van der Waals surface area contributed by atoms with Gasteiger partial charge in [0.25, 0.3) is 5.91 Å². The van der Waals surface area contributed by atoms with Gasteiger partial charge >= 0.3 is 11.7 Å². The number of methoxy groups -OCH3 is 1. The fraction of sp³-hybridized carbons (Fsp3) is 0.222. The van der Waals surface area contributed by atoms with E-state index in [-0.39, 0.29) is 17.9 Å². The van der Waals surface area contributed by atoms with Crippen LogP contribution in [0.15, 0.2) is 54.6 Å². The minimum absolute atomic E-state index is 0.0228. The van der Waals surface area contributed by atoms with Crippen LogP contribution in [-0.2, 0) is 20.7 Å². The molecule has 8 nitrogen and oxygen atoms in total. The van der Waals surface area contributed by atoms with E-state index in [4.69, 9.17) is 9.47 Å². The van der Waals surface area contributed by atoms with Crippen molar-refractivity contribution in [2.24, 2.45) is 0 Å². The van der Waals surface area contributed by atoms with Gasteiger partial charge in [0.2, 0.25) is 0 Å². The highest BCUT2D eigenvalue weighted by molar-refractivity contribution is 5.85. The van der Waals surface area contributed by atoms with E-state index in [0.29, 0.717) is 0 Å². The molecular formula is C18H18N2O6. The van der Waals surface area contributed by atoms with Crippen molar-refractivity contribution < 1.29 is 24.0 Å². The molecule has 8 heteroatoms. The number of hydrogen-bond donors (Lipinski definition) is 1. The summed E-state index contributed by atoms with van der Waals surface area (Å²) >= 11 is 0. The SMILES string of the molecule is COC(=O)[C@@H](Cc1ccccc1)NC(=O)COc1ccccc1[N+](=O)[O-]. The fourth-order valence-electron chi connectivity index (χ4n) is 2.29. The number of esters is 1. The molecule has 0 saturated carbocycles. The molecule has 1 N–H and O–H groups in total. The van der Waals surface area contributed by atoms with Gasteiger partial charge in [0.1, 0.15) is 6.04 Å². The van der Waals surface area contributed by atoms with Crippen LogP contribution in [-0.4, -0.2) is 36.6 Å². The molecule has 0 aliphatic carbocycles. The molecule has 0 radical (unpaired) electrons. The van der Waals surface area contributed by atoms with Crippen LogP contribution in [0, 0.1) is 10.1 Å². The van der Waals surface area contributed by atoms with Crippen molar-refractivity contribution in [3.63, 3.8) is 0 Å². The molecule has 1 atom stereocenters. The van der Waals surface area contributed by atoms with Gasteiger partial charge in [0, 0.05) is 12.5 Å². The summed E-state index contributed by atoms with van der Waals surface area (Å²) < 4.78 is 9.93. The number of hydrogen-bond acceptors (Lipinski definition) is 6. The number of para-hydroxylation sites is 2. The van der Waals surface area contributed by atoms with E-state index in [1.165, 1.54) is 25.3 Å². The summed E-state index contributed by atoms with van der Waals surface area (Å²) in [5, 5.41) is 13.5. The van der Waals surface area contributed by atoms with Crippen LogP contribution in [0.4, 0.5) is 5.69 Å². The molecule has 0 aliphatic heterocycles. The van der Waals surface area contributed by atoms with Gasteiger partial charge in [-0.1, -0.05) is 42.5 Å². The Morgan fingerprint density at radius 3 is 2.42 bits per heavy atom. The highest BCUT2D eigenvalue weighted by Crippen LogP contribution is 2.25. The summed E-state index contributed by atoms with van der Waals surface area (Å²) in [6.07, 6.45) is 0.255. The number of benzene rings is 2. The summed E-state index contributed by atoms with van der Waals surface area (Å²) in [5.74, 6) is -1.20. The zero-order valence-corrected chi connectivity index (χ0v) is 14.1. The summed E-state index contributed by atoms with van der Waals surface area (Å²) in [4.78, 5) is 34.3. The van der Waals surface area contributed by atoms with E-state index in [9.17, 15) is 19.7 Å². The number of rotatable bonds is 8. The maximum Gasteiger partial charge on any atom is 0.328 e. The Labute approximate surface area is 149 Å². The lowest BCUT2D eigenvalue weighted by atomic mass is 10.1. The van der Waals surface area contributed by atoms with Gasteiger partial charge in [-0.05, 0) is 11.6 Å². The third-order valence-corrected chi connectivity index (χ3v) is 3.52. The van der Waals surface area contributed by atoms with Crippen LogP contribution in [0.2, 0.25) is 0 Å². The Hall–Kier alpha value is -3.42. The summed E-state index contributed by atoms with van der Waals surface area (Å²) in [7, 11) is 1.23. The molecule has 136 valence electrons. The first-order valence-electron chi connectivity index (χ1n) is 7.78. The predicted octanol–water partition coefficient (Wildman–Crippen LogP) is 1.87. The van der Waals surface area contributed by atoms with Gasteiger partial charge in [-0.3, -0.25) is 14.9 Å². The van der Waals surface area contributed by atoms with Crippen molar-refractivity contribution >= 4 is 17.6 Å². The molecule has 0 aliphatic rings. The molecule has 2 aromatic rings. The van der Waals surface area contributed by atoms with Gasteiger partial charge in [0.15, 0.2) is 12.4 Å². The van der Waals surface area contributed by atoms with Crippen LogP contribution in [0.1, 0.15) is 5.56 Å². The van der Waals surface area contributed by atoms with Gasteiger partial charge in [-0.25, -0.2) is 4.79 Å². The molecule has 0 aromatic heterocycles. The number of nitrogens with zero attached hydrogens (tertiary/aromatic N) is 1. The van der Waals surface area contributed by atoms with Crippen LogP contribution in [0.25, 0.3) is 0 Å². The maximum absolute atomic E-state index is 12.1. The summed E-state index contributed by atoms with van der Waals surface area (Å²) in [5.41, 5.74) is 0.608. The largest absolute Gasteiger partial charge is 0.477 e. The molecule has 0 heterocycles. The van der Waals surface area contributed by atoms with Crippen LogP contribution < -0.4 is 10.1 Å². The van der Waals surface area contributed by atoms with E-state index in [2.05, 4.69) is 5.32 Å². The van der Waals surface area contributed by atoms with Gasteiger partial charge in [0.05, 0.1) is 12.0 Å². The number of nitro benzene ring substituents is 1. The van der Waals surface area contributed by atoms with Crippen LogP contribution in [0.5, 0.6) is 5.75 Å². The lowest BCUT2D eigenvalue weighted by Crippen LogP contribution is -2.44. The molecule has 2 aromatic carbocycles. The molecule has 0 spiro atoms. The van der Waals surface area contributed by atoms with Crippen molar-refractivity contribution in [1.29, 1.82) is 0 Å². The third-order valence-electron chi connectivity index (χ3n) is 3.52. The normalized spacial score (nSPS) is 11.3. The quantitative estimate of drug-likeness (QED) is 0.438. The Bertz CT molecular complexity index is 778. The lowest BCUT2D eigenvalue weighted by molar-refractivity contribution is -0.385. The predicted molar refractivity (Wildman–Crippen MR) is 92.7 cm³/mol. The van der Waals surface area contributed by atoms with Gasteiger partial charge in [-0.2, -0.15) is 0 Å². The Morgan fingerprint density at radius 1 is 1.12 bits per heavy atom. The monoisotopic (exact) mass is 358 g/mol. The first kappa shape index (κ1) is 18.9. The van der Waals surface area contributed by atoms with E-state index in [0.717, 1.165) is 5.56 Å².